The summed E-state index contributed by atoms with van der Waals surface area (Å²) in [4.78, 5) is 12.0. The highest BCUT2D eigenvalue weighted by atomic mass is 16.4. The molecule has 9 N–H and O–H groups in total. The molecule has 0 aromatic heterocycles. The second-order valence-corrected chi connectivity index (χ2v) is 17.6. The number of aliphatic hydroxyl groups is 5. The summed E-state index contributed by atoms with van der Waals surface area (Å²) in [6.07, 6.45) is 13.3. The summed E-state index contributed by atoms with van der Waals surface area (Å²) in [6, 6.07) is 14.1. The van der Waals surface area contributed by atoms with Gasteiger partial charge in [0.2, 0.25) is 0 Å². The topological polar surface area (TPSA) is 183 Å². The average molecular weight is 831 g/mol. The molecule has 0 spiro atoms. The minimum Gasteiger partial charge on any atom is -0.508 e. The van der Waals surface area contributed by atoms with Crippen LogP contribution in [0.1, 0.15) is 146 Å². The number of phenols is 1. The van der Waals surface area contributed by atoms with E-state index in [9.17, 15) is 40.5 Å². The Hall–Kier alpha value is -3.53. The third kappa shape index (κ3) is 15.4. The van der Waals surface area contributed by atoms with E-state index in [1.807, 2.05) is 49.4 Å². The van der Waals surface area contributed by atoms with Gasteiger partial charge < -0.3 is 46.4 Å². The van der Waals surface area contributed by atoms with Crippen LogP contribution in [0.15, 0.2) is 71.8 Å². The summed E-state index contributed by atoms with van der Waals surface area (Å²) in [5, 5.41) is 83.2. The summed E-state index contributed by atoms with van der Waals surface area (Å²) < 4.78 is 0. The van der Waals surface area contributed by atoms with Gasteiger partial charge in [0, 0.05) is 55.1 Å². The number of rotatable bonds is 21. The number of aliphatic hydroxyl groups excluding tert-OH is 4. The summed E-state index contributed by atoms with van der Waals surface area (Å²) in [5.74, 6) is 5.69. The van der Waals surface area contributed by atoms with Crippen LogP contribution in [0.5, 0.6) is 5.75 Å². The first-order valence-electron chi connectivity index (χ1n) is 22.7. The van der Waals surface area contributed by atoms with Crippen molar-refractivity contribution in [1.29, 1.82) is 0 Å². The Kier molecular flexibility index (Phi) is 20.8. The monoisotopic (exact) mass is 831 g/mol. The number of hydrogen-bond donors (Lipinski definition) is 9. The van der Waals surface area contributed by atoms with Gasteiger partial charge in [-0.25, -0.2) is 0 Å². The van der Waals surface area contributed by atoms with Crippen LogP contribution >= 0.6 is 0 Å². The van der Waals surface area contributed by atoms with Gasteiger partial charge in [-0.15, -0.1) is 0 Å². The molecule has 0 radical (unpaired) electrons. The number of unbranched alkanes of at least 4 members (excludes halogenated alkanes) is 2. The lowest BCUT2D eigenvalue weighted by atomic mass is 9.74. The Morgan fingerprint density at radius 3 is 2.45 bits per heavy atom. The fraction of sp³-hybridized carbons (Fsp3) is 0.620. The minimum absolute atomic E-state index is 0.00273. The average Bonchev–Trinajstić information content (AvgIpc) is 3.39. The molecule has 60 heavy (non-hydrogen) atoms. The standard InChI is InChI=1S/C50H74N2O8/c1-4-5-6-18-41(55)28-25-38-24-23-37-15-8-7-14-36(37)16-10-22-48(50(3,60)45(19-12-31-53)39-26-29-42(56)30-27-39)52-47(44(38)33-43(57)34-54)21-11-20-46-40(32-49(58)59)17-9-13-35(2)51-46/h7-8,14-15,25-30,35,40-41,43,45-48,51-57,60H,4-6,9,11-13,17-24,31-34H2,1-3H3,(H,58,59). The van der Waals surface area contributed by atoms with Crippen molar-refractivity contribution in [2.45, 2.75) is 178 Å². The lowest BCUT2D eigenvalue weighted by molar-refractivity contribution is -0.138. The highest BCUT2D eigenvalue weighted by Gasteiger charge is 2.41. The maximum atomic E-state index is 12.9. The molecule has 0 saturated carbocycles. The molecule has 1 fully saturated rings. The molecule has 9 atom stereocenters. The van der Waals surface area contributed by atoms with E-state index in [1.54, 1.807) is 12.1 Å². The molecule has 1 saturated heterocycles. The lowest BCUT2D eigenvalue weighted by Gasteiger charge is -2.42. The molecule has 9 unspecified atom stereocenters. The molecule has 2 aliphatic rings. The Balaban J connectivity index is 1.88. The molecule has 0 bridgehead atoms. The van der Waals surface area contributed by atoms with Crippen molar-refractivity contribution in [1.82, 2.24) is 10.6 Å². The van der Waals surface area contributed by atoms with Crippen molar-refractivity contribution in [2.24, 2.45) is 5.92 Å². The molecule has 10 heteroatoms. The number of hydrogen-bond acceptors (Lipinski definition) is 9. The van der Waals surface area contributed by atoms with Gasteiger partial charge in [0.15, 0.2) is 0 Å². The number of carboxylic acid groups (broad SMARTS) is 1. The predicted octanol–water partition coefficient (Wildman–Crippen LogP) is 7.04. The molecule has 0 aliphatic carbocycles. The maximum Gasteiger partial charge on any atom is 0.303 e. The van der Waals surface area contributed by atoms with Gasteiger partial charge in [-0.05, 0) is 124 Å². The number of phenolic OH excluding ortho intramolecular Hbond substituents is 1. The van der Waals surface area contributed by atoms with E-state index in [2.05, 4.69) is 42.4 Å². The summed E-state index contributed by atoms with van der Waals surface area (Å²) >= 11 is 0. The van der Waals surface area contributed by atoms with Crippen LogP contribution in [0.3, 0.4) is 0 Å². The second-order valence-electron chi connectivity index (χ2n) is 17.6. The third-order valence-corrected chi connectivity index (χ3v) is 12.8. The summed E-state index contributed by atoms with van der Waals surface area (Å²) in [5.41, 5.74) is 3.18. The number of fused-ring (bicyclic) bond motifs is 1. The molecule has 10 nitrogen and oxygen atoms in total. The Bertz CT molecular complexity index is 1710. The van der Waals surface area contributed by atoms with Crippen molar-refractivity contribution in [3.05, 3.63) is 88.5 Å². The van der Waals surface area contributed by atoms with Crippen molar-refractivity contribution in [2.75, 3.05) is 13.2 Å². The Labute approximate surface area is 359 Å². The molecular formula is C50H74N2O8. The number of aryl methyl sites for hydroxylation is 1. The van der Waals surface area contributed by atoms with Crippen LogP contribution in [0.2, 0.25) is 0 Å². The van der Waals surface area contributed by atoms with Crippen molar-refractivity contribution in [3.8, 4) is 17.6 Å². The second kappa shape index (κ2) is 25.4. The minimum atomic E-state index is -1.43. The van der Waals surface area contributed by atoms with Crippen LogP contribution in [0, 0.1) is 17.8 Å². The van der Waals surface area contributed by atoms with Gasteiger partial charge >= 0.3 is 5.97 Å². The first-order chi connectivity index (χ1) is 28.9. The number of nitrogens with one attached hydrogen (secondary N) is 2. The molecule has 332 valence electrons. The van der Waals surface area contributed by atoms with Gasteiger partial charge in [-0.3, -0.25) is 4.79 Å². The van der Waals surface area contributed by atoms with E-state index in [1.165, 1.54) is 0 Å². The number of aliphatic carboxylic acids is 1. The predicted molar refractivity (Wildman–Crippen MR) is 239 cm³/mol. The van der Waals surface area contributed by atoms with Crippen LogP contribution in [0.4, 0.5) is 0 Å². The first-order valence-corrected chi connectivity index (χ1v) is 22.7. The van der Waals surface area contributed by atoms with Gasteiger partial charge in [0.1, 0.15) is 5.75 Å². The zero-order chi connectivity index (χ0) is 43.5. The van der Waals surface area contributed by atoms with Crippen LogP contribution in [-0.2, 0) is 11.2 Å². The summed E-state index contributed by atoms with van der Waals surface area (Å²) in [6.45, 7) is 5.61. The quantitative estimate of drug-likeness (QED) is 0.0468. The number of aromatic hydroxyl groups is 1. The molecule has 2 heterocycles. The number of carboxylic acids is 1. The van der Waals surface area contributed by atoms with Gasteiger partial charge in [-0.2, -0.15) is 0 Å². The van der Waals surface area contributed by atoms with E-state index >= 15 is 0 Å². The summed E-state index contributed by atoms with van der Waals surface area (Å²) in [7, 11) is 0. The normalized spacial score (nSPS) is 24.2. The number of allylic oxidation sites excluding steroid dienone is 2. The SMILES string of the molecule is CCCCCC(O)C=CC1=C(CC(O)CO)C(CCCC2NC(C)CCCC2CC(=O)O)NC(C(C)(O)C(CCCO)c2ccc(O)cc2)CC#Cc2ccccc2CC1. The fourth-order valence-corrected chi connectivity index (χ4v) is 9.35. The molecule has 2 aliphatic heterocycles. The van der Waals surface area contributed by atoms with Gasteiger partial charge in [-0.1, -0.05) is 93.4 Å². The Morgan fingerprint density at radius 2 is 1.73 bits per heavy atom. The van der Waals surface area contributed by atoms with E-state index in [0.717, 1.165) is 72.8 Å². The zero-order valence-corrected chi connectivity index (χ0v) is 36.4. The van der Waals surface area contributed by atoms with E-state index in [0.29, 0.717) is 44.9 Å². The highest BCUT2D eigenvalue weighted by molar-refractivity contribution is 5.67. The highest BCUT2D eigenvalue weighted by Crippen LogP contribution is 2.38. The van der Waals surface area contributed by atoms with Crippen molar-refractivity contribution in [3.63, 3.8) is 0 Å². The smallest absolute Gasteiger partial charge is 0.303 e. The first kappa shape index (κ1) is 49.1. The molecular weight excluding hydrogens is 757 g/mol. The van der Waals surface area contributed by atoms with E-state index < -0.39 is 48.4 Å². The molecule has 2 aromatic carbocycles. The molecule has 2 aromatic rings. The molecule has 4 rings (SSSR count). The van der Waals surface area contributed by atoms with E-state index in [-0.39, 0.29) is 49.6 Å². The van der Waals surface area contributed by atoms with Gasteiger partial charge in [0.25, 0.3) is 0 Å². The third-order valence-electron chi connectivity index (χ3n) is 12.8. The van der Waals surface area contributed by atoms with Crippen LogP contribution in [0.25, 0.3) is 0 Å². The maximum absolute atomic E-state index is 12.9. The number of benzene rings is 2. The van der Waals surface area contributed by atoms with E-state index in [4.69, 9.17) is 0 Å². The lowest BCUT2D eigenvalue weighted by Crippen LogP contribution is -2.56. The van der Waals surface area contributed by atoms with Crippen molar-refractivity contribution >= 4 is 5.97 Å². The fourth-order valence-electron chi connectivity index (χ4n) is 9.35. The van der Waals surface area contributed by atoms with Gasteiger partial charge in [0.05, 0.1) is 24.4 Å². The Morgan fingerprint density at radius 1 is 0.967 bits per heavy atom. The zero-order valence-electron chi connectivity index (χ0n) is 36.4. The van der Waals surface area contributed by atoms with Crippen LogP contribution < -0.4 is 10.6 Å². The number of carbonyl (C=O) groups is 1. The largest absolute Gasteiger partial charge is 0.508 e. The molecule has 0 amide bonds. The van der Waals surface area contributed by atoms with Crippen molar-refractivity contribution < 1.29 is 40.5 Å². The van der Waals surface area contributed by atoms with Crippen LogP contribution in [-0.4, -0.2) is 96.9 Å².